The number of hydrogen-bond donors (Lipinski definition) is 3. The topological polar surface area (TPSA) is 87.3 Å². The van der Waals surface area contributed by atoms with Crippen LogP contribution in [-0.4, -0.2) is 30.3 Å². The van der Waals surface area contributed by atoms with E-state index in [1.165, 1.54) is 19.1 Å². The molecule has 0 heterocycles. The van der Waals surface area contributed by atoms with Crippen molar-refractivity contribution < 1.29 is 27.6 Å². The summed E-state index contributed by atoms with van der Waals surface area (Å²) in [7, 11) is 0. The number of alkyl halides is 3. The van der Waals surface area contributed by atoms with Crippen molar-refractivity contribution in [1.82, 2.24) is 10.6 Å². The number of halogens is 3. The van der Waals surface area contributed by atoms with Crippen LogP contribution in [0, 0.1) is 0 Å². The van der Waals surface area contributed by atoms with Gasteiger partial charge in [0.15, 0.2) is 0 Å². The number of carbonyl (C=O) groups is 3. The zero-order valence-electron chi connectivity index (χ0n) is 15.5. The number of carbonyl (C=O) groups excluding carboxylic acids is 3. The van der Waals surface area contributed by atoms with Gasteiger partial charge in [0.2, 0.25) is 17.7 Å². The maximum Gasteiger partial charge on any atom is 0.416 e. The van der Waals surface area contributed by atoms with Crippen molar-refractivity contribution in [2.45, 2.75) is 25.6 Å². The summed E-state index contributed by atoms with van der Waals surface area (Å²) in [5.74, 6) is -1.64. The molecule has 0 aromatic heterocycles. The SMILES string of the molecule is C[C@H](NC(=O)Cc1cccc(C(F)(F)F)c1)C(=O)NCC(=O)Nc1ccccc1. The number of nitrogens with one attached hydrogen (secondary N) is 3. The van der Waals surface area contributed by atoms with Crippen molar-refractivity contribution in [2.75, 3.05) is 11.9 Å². The van der Waals surface area contributed by atoms with Gasteiger partial charge in [0, 0.05) is 5.69 Å². The molecule has 2 aromatic carbocycles. The average molecular weight is 407 g/mol. The third-order valence-electron chi connectivity index (χ3n) is 3.87. The van der Waals surface area contributed by atoms with E-state index in [0.717, 1.165) is 12.1 Å². The molecule has 2 aromatic rings. The number of benzene rings is 2. The fraction of sp³-hybridized carbons (Fsp3) is 0.250. The molecule has 0 saturated carbocycles. The van der Waals surface area contributed by atoms with Crippen molar-refractivity contribution in [2.24, 2.45) is 0 Å². The second kappa shape index (κ2) is 9.72. The van der Waals surface area contributed by atoms with Crippen LogP contribution in [0.5, 0.6) is 0 Å². The Morgan fingerprint density at radius 1 is 0.966 bits per heavy atom. The summed E-state index contributed by atoms with van der Waals surface area (Å²) >= 11 is 0. The highest BCUT2D eigenvalue weighted by Gasteiger charge is 2.30. The zero-order chi connectivity index (χ0) is 21.4. The molecule has 0 radical (unpaired) electrons. The van der Waals surface area contributed by atoms with Gasteiger partial charge in [-0.3, -0.25) is 14.4 Å². The van der Waals surface area contributed by atoms with Crippen molar-refractivity contribution in [3.8, 4) is 0 Å². The van der Waals surface area contributed by atoms with Crippen LogP contribution in [0.1, 0.15) is 18.1 Å². The summed E-state index contributed by atoms with van der Waals surface area (Å²) in [6, 6.07) is 12.1. The average Bonchev–Trinajstić information content (AvgIpc) is 2.66. The Labute approximate surface area is 165 Å². The lowest BCUT2D eigenvalue weighted by molar-refractivity contribution is -0.137. The van der Waals surface area contributed by atoms with E-state index in [0.29, 0.717) is 5.69 Å². The van der Waals surface area contributed by atoms with Gasteiger partial charge in [-0.15, -0.1) is 0 Å². The molecule has 3 N–H and O–H groups in total. The molecule has 0 aliphatic rings. The molecule has 0 unspecified atom stereocenters. The number of rotatable bonds is 7. The molecule has 0 fully saturated rings. The summed E-state index contributed by atoms with van der Waals surface area (Å²) in [5.41, 5.74) is -0.0978. The molecule has 0 spiro atoms. The van der Waals surface area contributed by atoms with E-state index in [4.69, 9.17) is 0 Å². The highest BCUT2D eigenvalue weighted by Crippen LogP contribution is 2.29. The smallest absolute Gasteiger partial charge is 0.345 e. The predicted molar refractivity (Wildman–Crippen MR) is 101 cm³/mol. The number of para-hydroxylation sites is 1. The lowest BCUT2D eigenvalue weighted by Gasteiger charge is -2.14. The van der Waals surface area contributed by atoms with Crippen LogP contribution in [0.15, 0.2) is 54.6 Å². The Balaban J connectivity index is 1.80. The maximum absolute atomic E-state index is 12.7. The Kier molecular flexibility index (Phi) is 7.35. The van der Waals surface area contributed by atoms with Crippen LogP contribution in [0.4, 0.5) is 18.9 Å². The fourth-order valence-electron chi connectivity index (χ4n) is 2.45. The quantitative estimate of drug-likeness (QED) is 0.659. The second-order valence-electron chi connectivity index (χ2n) is 6.30. The van der Waals surface area contributed by atoms with E-state index >= 15 is 0 Å². The minimum absolute atomic E-state index is 0.173. The molecule has 3 amide bonds. The Morgan fingerprint density at radius 3 is 2.31 bits per heavy atom. The van der Waals surface area contributed by atoms with Gasteiger partial charge in [0.1, 0.15) is 6.04 Å². The van der Waals surface area contributed by atoms with Crippen LogP contribution in [0.2, 0.25) is 0 Å². The van der Waals surface area contributed by atoms with Gasteiger partial charge < -0.3 is 16.0 Å². The minimum atomic E-state index is -4.50. The summed E-state index contributed by atoms with van der Waals surface area (Å²) in [6.45, 7) is 1.12. The first-order valence-electron chi connectivity index (χ1n) is 8.73. The van der Waals surface area contributed by atoms with E-state index in [1.807, 2.05) is 0 Å². The summed E-state index contributed by atoms with van der Waals surface area (Å²) in [4.78, 5) is 35.8. The van der Waals surface area contributed by atoms with Crippen LogP contribution < -0.4 is 16.0 Å². The third-order valence-corrected chi connectivity index (χ3v) is 3.87. The van der Waals surface area contributed by atoms with E-state index in [-0.39, 0.29) is 18.5 Å². The Hall–Kier alpha value is -3.36. The first kappa shape index (κ1) is 21.9. The lowest BCUT2D eigenvalue weighted by atomic mass is 10.1. The maximum atomic E-state index is 12.7. The standard InChI is InChI=1S/C20H20F3N3O3/c1-13(19(29)24-12-18(28)26-16-8-3-2-4-9-16)25-17(27)11-14-6-5-7-15(10-14)20(21,22)23/h2-10,13H,11-12H2,1H3,(H,24,29)(H,25,27)(H,26,28)/t13-/m0/s1. The normalized spacial score (nSPS) is 12.0. The third kappa shape index (κ3) is 7.28. The first-order valence-corrected chi connectivity index (χ1v) is 8.73. The molecule has 1 atom stereocenters. The van der Waals surface area contributed by atoms with Gasteiger partial charge in [-0.2, -0.15) is 13.2 Å². The zero-order valence-corrected chi connectivity index (χ0v) is 15.5. The largest absolute Gasteiger partial charge is 0.416 e. The molecule has 2 rings (SSSR count). The van der Waals surface area contributed by atoms with Crippen LogP contribution in [-0.2, 0) is 27.0 Å². The van der Waals surface area contributed by atoms with Crippen molar-refractivity contribution in [1.29, 1.82) is 0 Å². The van der Waals surface area contributed by atoms with Gasteiger partial charge >= 0.3 is 6.18 Å². The molecule has 0 bridgehead atoms. The summed E-state index contributed by atoms with van der Waals surface area (Å²) < 4.78 is 38.2. The molecular weight excluding hydrogens is 387 g/mol. The second-order valence-corrected chi connectivity index (χ2v) is 6.30. The molecule has 0 aliphatic carbocycles. The molecular formula is C20H20F3N3O3. The van der Waals surface area contributed by atoms with Gasteiger partial charge in [0.25, 0.3) is 0 Å². The predicted octanol–water partition coefficient (Wildman–Crippen LogP) is 2.51. The van der Waals surface area contributed by atoms with Crippen LogP contribution in [0.25, 0.3) is 0 Å². The van der Waals surface area contributed by atoms with Crippen LogP contribution >= 0.6 is 0 Å². The van der Waals surface area contributed by atoms with Crippen molar-refractivity contribution >= 4 is 23.4 Å². The number of anilines is 1. The Morgan fingerprint density at radius 2 is 1.66 bits per heavy atom. The molecule has 29 heavy (non-hydrogen) atoms. The fourth-order valence-corrected chi connectivity index (χ4v) is 2.45. The Bertz CT molecular complexity index is 870. The lowest BCUT2D eigenvalue weighted by Crippen LogP contribution is -2.47. The van der Waals surface area contributed by atoms with Gasteiger partial charge in [-0.05, 0) is 30.7 Å². The molecule has 9 heteroatoms. The molecule has 154 valence electrons. The highest BCUT2D eigenvalue weighted by atomic mass is 19.4. The summed E-state index contributed by atoms with van der Waals surface area (Å²) in [6.07, 6.45) is -4.81. The highest BCUT2D eigenvalue weighted by molar-refractivity contribution is 5.96. The molecule has 0 saturated heterocycles. The van der Waals surface area contributed by atoms with Crippen LogP contribution in [0.3, 0.4) is 0 Å². The van der Waals surface area contributed by atoms with Crippen molar-refractivity contribution in [3.05, 3.63) is 65.7 Å². The van der Waals surface area contributed by atoms with E-state index in [2.05, 4.69) is 16.0 Å². The van der Waals surface area contributed by atoms with Gasteiger partial charge in [-0.1, -0.05) is 36.4 Å². The summed E-state index contributed by atoms with van der Waals surface area (Å²) in [5, 5.41) is 7.38. The van der Waals surface area contributed by atoms with Gasteiger partial charge in [0.05, 0.1) is 18.5 Å². The van der Waals surface area contributed by atoms with E-state index in [1.54, 1.807) is 30.3 Å². The van der Waals surface area contributed by atoms with E-state index < -0.39 is 35.5 Å². The molecule has 6 nitrogen and oxygen atoms in total. The molecule has 0 aliphatic heterocycles. The number of hydrogen-bond acceptors (Lipinski definition) is 3. The van der Waals surface area contributed by atoms with Gasteiger partial charge in [-0.25, -0.2) is 0 Å². The van der Waals surface area contributed by atoms with Crippen molar-refractivity contribution in [3.63, 3.8) is 0 Å². The minimum Gasteiger partial charge on any atom is -0.345 e. The first-order chi connectivity index (χ1) is 13.6. The number of amides is 3. The van der Waals surface area contributed by atoms with E-state index in [9.17, 15) is 27.6 Å². The monoisotopic (exact) mass is 407 g/mol.